The Labute approximate surface area is 131 Å². The Morgan fingerprint density at radius 3 is 2.50 bits per heavy atom. The number of sulfone groups is 1. The lowest BCUT2D eigenvalue weighted by Gasteiger charge is -2.29. The quantitative estimate of drug-likeness (QED) is 0.881. The van der Waals surface area contributed by atoms with Crippen molar-refractivity contribution in [2.45, 2.75) is 55.6 Å². The van der Waals surface area contributed by atoms with Crippen molar-refractivity contribution in [3.05, 3.63) is 29.8 Å². The Morgan fingerprint density at radius 1 is 1.23 bits per heavy atom. The zero-order valence-electron chi connectivity index (χ0n) is 12.7. The molecule has 0 saturated carbocycles. The minimum Gasteiger partial charge on any atom is -0.349 e. The third-order valence-electron chi connectivity index (χ3n) is 4.66. The summed E-state index contributed by atoms with van der Waals surface area (Å²) in [5.74, 6) is -0.284. The van der Waals surface area contributed by atoms with Crippen molar-refractivity contribution in [2.75, 3.05) is 5.75 Å². The SMILES string of the molecule is CCS(=O)(=O)c1ccccc1C(=O)NC1CC2CCC(C1)N2. The molecule has 120 valence electrons. The molecule has 3 rings (SSSR count). The van der Waals surface area contributed by atoms with E-state index in [2.05, 4.69) is 10.6 Å². The van der Waals surface area contributed by atoms with Crippen LogP contribution in [0, 0.1) is 0 Å². The van der Waals surface area contributed by atoms with Crippen molar-refractivity contribution in [1.29, 1.82) is 0 Å². The summed E-state index contributed by atoms with van der Waals surface area (Å²) < 4.78 is 24.3. The van der Waals surface area contributed by atoms with Crippen molar-refractivity contribution < 1.29 is 13.2 Å². The fraction of sp³-hybridized carbons (Fsp3) is 0.562. The lowest BCUT2D eigenvalue weighted by Crippen LogP contribution is -2.48. The van der Waals surface area contributed by atoms with Gasteiger partial charge in [0.1, 0.15) is 0 Å². The van der Waals surface area contributed by atoms with Gasteiger partial charge in [-0.05, 0) is 37.8 Å². The number of benzene rings is 1. The first-order valence-corrected chi connectivity index (χ1v) is 9.53. The normalized spacial score (nSPS) is 27.6. The second-order valence-corrected chi connectivity index (χ2v) is 8.43. The van der Waals surface area contributed by atoms with Gasteiger partial charge >= 0.3 is 0 Å². The third-order valence-corrected chi connectivity index (χ3v) is 6.44. The minimum absolute atomic E-state index is 0.00517. The Hall–Kier alpha value is -1.40. The fourth-order valence-electron chi connectivity index (χ4n) is 3.52. The number of piperidine rings is 1. The highest BCUT2D eigenvalue weighted by atomic mass is 32.2. The molecule has 2 atom stereocenters. The molecule has 2 saturated heterocycles. The van der Waals surface area contributed by atoms with E-state index >= 15 is 0 Å². The van der Waals surface area contributed by atoms with E-state index in [1.807, 2.05) is 0 Å². The number of carbonyl (C=O) groups excluding carboxylic acids is 1. The fourth-order valence-corrected chi connectivity index (χ4v) is 4.61. The number of carbonyl (C=O) groups is 1. The maximum Gasteiger partial charge on any atom is 0.252 e. The third kappa shape index (κ3) is 3.03. The lowest BCUT2D eigenvalue weighted by atomic mass is 9.99. The van der Waals surface area contributed by atoms with Crippen molar-refractivity contribution >= 4 is 15.7 Å². The van der Waals surface area contributed by atoms with Crippen LogP contribution in [0.4, 0.5) is 0 Å². The molecule has 2 unspecified atom stereocenters. The number of amides is 1. The first-order valence-electron chi connectivity index (χ1n) is 7.88. The summed E-state index contributed by atoms with van der Waals surface area (Å²) in [5, 5.41) is 6.56. The van der Waals surface area contributed by atoms with Crippen LogP contribution in [0.2, 0.25) is 0 Å². The second-order valence-electron chi connectivity index (χ2n) is 6.18. The Morgan fingerprint density at radius 2 is 1.86 bits per heavy atom. The standard InChI is InChI=1S/C16H22N2O3S/c1-2-22(20,21)15-6-4-3-5-14(15)16(19)18-13-9-11-7-8-12(10-13)17-11/h3-6,11-13,17H,2,7-10H2,1H3,(H,18,19). The van der Waals surface area contributed by atoms with Gasteiger partial charge in [-0.2, -0.15) is 0 Å². The van der Waals surface area contributed by atoms with Gasteiger partial charge in [0.25, 0.3) is 5.91 Å². The molecule has 0 aromatic heterocycles. The molecule has 1 aromatic carbocycles. The van der Waals surface area contributed by atoms with Crippen LogP contribution in [0.5, 0.6) is 0 Å². The van der Waals surface area contributed by atoms with Gasteiger partial charge in [-0.25, -0.2) is 8.42 Å². The molecule has 2 N–H and O–H groups in total. The maximum absolute atomic E-state index is 12.5. The monoisotopic (exact) mass is 322 g/mol. The van der Waals surface area contributed by atoms with Crippen LogP contribution in [-0.4, -0.2) is 38.2 Å². The molecule has 2 heterocycles. The van der Waals surface area contributed by atoms with E-state index in [1.54, 1.807) is 25.1 Å². The van der Waals surface area contributed by atoms with Gasteiger partial charge in [-0.3, -0.25) is 4.79 Å². The van der Waals surface area contributed by atoms with Gasteiger partial charge in [-0.1, -0.05) is 19.1 Å². The Bertz CT molecular complexity index is 660. The van der Waals surface area contributed by atoms with Crippen molar-refractivity contribution in [3.8, 4) is 0 Å². The average molecular weight is 322 g/mol. The van der Waals surface area contributed by atoms with Gasteiger partial charge in [0, 0.05) is 18.1 Å². The first kappa shape index (κ1) is 15.5. The number of nitrogens with one attached hydrogen (secondary N) is 2. The van der Waals surface area contributed by atoms with Crippen molar-refractivity contribution in [1.82, 2.24) is 10.6 Å². The molecule has 6 heteroatoms. The predicted octanol–water partition coefficient (Wildman–Crippen LogP) is 1.49. The van der Waals surface area contributed by atoms with Crippen LogP contribution in [0.1, 0.15) is 43.0 Å². The van der Waals surface area contributed by atoms with E-state index < -0.39 is 9.84 Å². The van der Waals surface area contributed by atoms with E-state index in [0.29, 0.717) is 12.1 Å². The van der Waals surface area contributed by atoms with Crippen LogP contribution < -0.4 is 10.6 Å². The molecule has 22 heavy (non-hydrogen) atoms. The van der Waals surface area contributed by atoms with E-state index in [9.17, 15) is 13.2 Å². The number of rotatable bonds is 4. The molecule has 0 spiro atoms. The van der Waals surface area contributed by atoms with Gasteiger partial charge < -0.3 is 10.6 Å². The highest BCUT2D eigenvalue weighted by Crippen LogP contribution is 2.27. The summed E-state index contributed by atoms with van der Waals surface area (Å²) in [4.78, 5) is 12.7. The molecule has 2 fully saturated rings. The molecular formula is C16H22N2O3S. The summed E-state index contributed by atoms with van der Waals surface area (Å²) in [7, 11) is -3.40. The average Bonchev–Trinajstić information content (AvgIpc) is 2.86. The number of hydrogen-bond acceptors (Lipinski definition) is 4. The van der Waals surface area contributed by atoms with E-state index in [1.165, 1.54) is 6.07 Å². The summed E-state index contributed by atoms with van der Waals surface area (Å²) >= 11 is 0. The number of fused-ring (bicyclic) bond motifs is 2. The molecule has 1 aromatic rings. The molecule has 5 nitrogen and oxygen atoms in total. The van der Waals surface area contributed by atoms with E-state index in [-0.39, 0.29) is 28.2 Å². The first-order chi connectivity index (χ1) is 10.5. The molecule has 0 radical (unpaired) electrons. The molecular weight excluding hydrogens is 300 g/mol. The molecule has 2 bridgehead atoms. The van der Waals surface area contributed by atoms with Crippen LogP contribution in [0.3, 0.4) is 0 Å². The molecule has 2 aliphatic rings. The van der Waals surface area contributed by atoms with Crippen LogP contribution in [-0.2, 0) is 9.84 Å². The highest BCUT2D eigenvalue weighted by Gasteiger charge is 2.34. The highest BCUT2D eigenvalue weighted by molar-refractivity contribution is 7.91. The van der Waals surface area contributed by atoms with Crippen LogP contribution in [0.25, 0.3) is 0 Å². The smallest absolute Gasteiger partial charge is 0.252 e. The number of hydrogen-bond donors (Lipinski definition) is 2. The zero-order chi connectivity index (χ0) is 15.7. The topological polar surface area (TPSA) is 75.3 Å². The van der Waals surface area contributed by atoms with Crippen molar-refractivity contribution in [3.63, 3.8) is 0 Å². The molecule has 1 amide bonds. The summed E-state index contributed by atoms with van der Waals surface area (Å²) in [5.41, 5.74) is 0.259. The minimum atomic E-state index is -3.40. The molecule has 2 aliphatic heterocycles. The van der Waals surface area contributed by atoms with Gasteiger partial charge in [0.2, 0.25) is 0 Å². The van der Waals surface area contributed by atoms with Crippen LogP contribution >= 0.6 is 0 Å². The lowest BCUT2D eigenvalue weighted by molar-refractivity contribution is 0.0920. The maximum atomic E-state index is 12.5. The Kier molecular flexibility index (Phi) is 4.23. The van der Waals surface area contributed by atoms with Gasteiger partial charge in [0.15, 0.2) is 9.84 Å². The summed E-state index contributed by atoms with van der Waals surface area (Å²) in [6.07, 6.45) is 4.17. The van der Waals surface area contributed by atoms with Crippen LogP contribution in [0.15, 0.2) is 29.2 Å². The summed E-state index contributed by atoms with van der Waals surface area (Å²) in [6, 6.07) is 7.56. The van der Waals surface area contributed by atoms with Gasteiger partial charge in [-0.15, -0.1) is 0 Å². The van der Waals surface area contributed by atoms with Crippen molar-refractivity contribution in [2.24, 2.45) is 0 Å². The summed E-state index contributed by atoms with van der Waals surface area (Å²) in [6.45, 7) is 1.59. The largest absolute Gasteiger partial charge is 0.349 e. The van der Waals surface area contributed by atoms with Gasteiger partial charge in [0.05, 0.1) is 16.2 Å². The van der Waals surface area contributed by atoms with E-state index in [4.69, 9.17) is 0 Å². The second kappa shape index (κ2) is 6.01. The zero-order valence-corrected chi connectivity index (χ0v) is 13.5. The molecule has 0 aliphatic carbocycles. The van der Waals surface area contributed by atoms with E-state index in [0.717, 1.165) is 25.7 Å². The Balaban J connectivity index is 1.78. The predicted molar refractivity (Wildman–Crippen MR) is 84.6 cm³/mol.